The van der Waals surface area contributed by atoms with E-state index in [0.29, 0.717) is 28.7 Å². The molecule has 2 unspecified atom stereocenters. The maximum Gasteiger partial charge on any atom is 0.262 e. The van der Waals surface area contributed by atoms with E-state index in [1.807, 2.05) is 44.2 Å². The van der Waals surface area contributed by atoms with Gasteiger partial charge in [-0.15, -0.1) is 0 Å². The van der Waals surface area contributed by atoms with E-state index in [9.17, 15) is 9.18 Å². The van der Waals surface area contributed by atoms with Gasteiger partial charge in [0.1, 0.15) is 5.82 Å². The highest BCUT2D eigenvalue weighted by molar-refractivity contribution is 6.09. The highest BCUT2D eigenvalue weighted by Gasteiger charge is 2.33. The molecule has 2 aliphatic rings. The minimum absolute atomic E-state index is 0.0941. The van der Waals surface area contributed by atoms with Crippen molar-refractivity contribution in [3.8, 4) is 11.3 Å². The summed E-state index contributed by atoms with van der Waals surface area (Å²) >= 11 is 0. The summed E-state index contributed by atoms with van der Waals surface area (Å²) in [4.78, 5) is 27.3. The highest BCUT2D eigenvalue weighted by atomic mass is 19.1. The lowest BCUT2D eigenvalue weighted by molar-refractivity contribution is 0.0980. The standard InChI is InChI=1S/C29H33FN4O/c1-20(2)34(23-12-4-3-5-13-23)28(35)25-18-31-29(32-27(25)24-14-8-9-15-26(24)30)33-17-16-21-10-6-7-11-22(21)19-33/h3-5,8-9,12-15,18,20-22H,6-7,10-11,16-17,19H2,1-2H3. The minimum atomic E-state index is -0.395. The van der Waals surface area contributed by atoms with Gasteiger partial charge in [-0.2, -0.15) is 0 Å². The number of carbonyl (C=O) groups excluding carboxylic acids is 1. The SMILES string of the molecule is CC(C)N(C(=O)c1cnc(N2CCC3CCCCC3C2)nc1-c1ccccc1F)c1ccccc1. The first-order chi connectivity index (χ1) is 17.0. The van der Waals surface area contributed by atoms with Crippen LogP contribution in [0.3, 0.4) is 0 Å². The van der Waals surface area contributed by atoms with Crippen molar-refractivity contribution in [1.29, 1.82) is 0 Å². The van der Waals surface area contributed by atoms with Crippen LogP contribution in [0.15, 0.2) is 60.8 Å². The van der Waals surface area contributed by atoms with Gasteiger partial charge < -0.3 is 9.80 Å². The number of benzene rings is 2. The van der Waals surface area contributed by atoms with Crippen molar-refractivity contribution in [2.75, 3.05) is 22.9 Å². The molecule has 1 saturated heterocycles. The predicted octanol–water partition coefficient (Wildman–Crippen LogP) is 6.35. The van der Waals surface area contributed by atoms with E-state index in [0.717, 1.165) is 31.1 Å². The van der Waals surface area contributed by atoms with Crippen LogP contribution >= 0.6 is 0 Å². The summed E-state index contributed by atoms with van der Waals surface area (Å²) in [5, 5.41) is 0. The molecule has 1 amide bonds. The molecule has 0 bridgehead atoms. The van der Waals surface area contributed by atoms with E-state index >= 15 is 0 Å². The lowest BCUT2D eigenvalue weighted by atomic mass is 9.75. The monoisotopic (exact) mass is 472 g/mol. The molecule has 6 heteroatoms. The molecule has 3 aromatic rings. The Morgan fingerprint density at radius 1 is 1.00 bits per heavy atom. The molecule has 1 aliphatic heterocycles. The zero-order chi connectivity index (χ0) is 24.4. The van der Waals surface area contributed by atoms with E-state index in [4.69, 9.17) is 4.98 Å². The number of nitrogens with zero attached hydrogens (tertiary/aromatic N) is 4. The lowest BCUT2D eigenvalue weighted by Gasteiger charge is -2.41. The number of hydrogen-bond acceptors (Lipinski definition) is 4. The van der Waals surface area contributed by atoms with Gasteiger partial charge in [0.15, 0.2) is 0 Å². The fraction of sp³-hybridized carbons (Fsp3) is 0.414. The topological polar surface area (TPSA) is 49.3 Å². The highest BCUT2D eigenvalue weighted by Crippen LogP contribution is 2.37. The maximum atomic E-state index is 15.0. The van der Waals surface area contributed by atoms with E-state index in [2.05, 4.69) is 9.88 Å². The van der Waals surface area contributed by atoms with Crippen LogP contribution in [0.25, 0.3) is 11.3 Å². The summed E-state index contributed by atoms with van der Waals surface area (Å²) in [5.41, 5.74) is 1.77. The van der Waals surface area contributed by atoms with Crippen LogP contribution in [0, 0.1) is 17.7 Å². The van der Waals surface area contributed by atoms with Crippen LogP contribution < -0.4 is 9.80 Å². The molecule has 35 heavy (non-hydrogen) atoms. The van der Waals surface area contributed by atoms with Gasteiger partial charge in [0.25, 0.3) is 5.91 Å². The van der Waals surface area contributed by atoms with Crippen molar-refractivity contribution < 1.29 is 9.18 Å². The molecule has 5 rings (SSSR count). The van der Waals surface area contributed by atoms with Crippen LogP contribution in [-0.2, 0) is 0 Å². The molecule has 182 valence electrons. The Labute approximate surface area is 207 Å². The van der Waals surface area contributed by atoms with Gasteiger partial charge in [-0.3, -0.25) is 4.79 Å². The number of carbonyl (C=O) groups is 1. The molecular weight excluding hydrogens is 439 g/mol. The summed E-state index contributed by atoms with van der Waals surface area (Å²) in [6.07, 6.45) is 7.92. The molecule has 0 radical (unpaired) electrons. The van der Waals surface area contributed by atoms with E-state index < -0.39 is 5.82 Å². The molecule has 5 nitrogen and oxygen atoms in total. The van der Waals surface area contributed by atoms with Crippen LogP contribution in [-0.4, -0.2) is 35.0 Å². The van der Waals surface area contributed by atoms with E-state index in [-0.39, 0.29) is 11.9 Å². The third-order valence-corrected chi connectivity index (χ3v) is 7.48. The fourth-order valence-corrected chi connectivity index (χ4v) is 5.69. The van der Waals surface area contributed by atoms with E-state index in [1.54, 1.807) is 29.3 Å². The molecule has 1 saturated carbocycles. The first-order valence-electron chi connectivity index (χ1n) is 12.8. The Balaban J connectivity index is 1.55. The molecule has 2 fully saturated rings. The molecule has 1 aliphatic carbocycles. The Morgan fingerprint density at radius 3 is 2.46 bits per heavy atom. The average Bonchev–Trinajstić information content (AvgIpc) is 2.89. The van der Waals surface area contributed by atoms with Crippen molar-refractivity contribution >= 4 is 17.5 Å². The number of piperidine rings is 1. The summed E-state index contributed by atoms with van der Waals surface area (Å²) < 4.78 is 15.0. The second-order valence-electron chi connectivity index (χ2n) is 10.1. The van der Waals surface area contributed by atoms with Gasteiger partial charge in [0.05, 0.1) is 11.3 Å². The molecule has 2 aromatic carbocycles. The summed E-state index contributed by atoms with van der Waals surface area (Å²) in [6, 6.07) is 16.0. The molecule has 1 aromatic heterocycles. The lowest BCUT2D eigenvalue weighted by Crippen LogP contribution is -2.42. The van der Waals surface area contributed by atoms with Gasteiger partial charge in [-0.1, -0.05) is 49.6 Å². The largest absolute Gasteiger partial charge is 0.341 e. The van der Waals surface area contributed by atoms with Crippen LogP contribution in [0.1, 0.15) is 56.3 Å². The van der Waals surface area contributed by atoms with Gasteiger partial charge >= 0.3 is 0 Å². The zero-order valence-corrected chi connectivity index (χ0v) is 20.5. The first kappa shape index (κ1) is 23.5. The summed E-state index contributed by atoms with van der Waals surface area (Å²) in [6.45, 7) is 5.76. The molecule has 0 spiro atoms. The Morgan fingerprint density at radius 2 is 1.71 bits per heavy atom. The Bertz CT molecular complexity index is 1180. The van der Waals surface area contributed by atoms with Crippen molar-refractivity contribution in [3.05, 3.63) is 72.2 Å². The van der Waals surface area contributed by atoms with Gasteiger partial charge in [0.2, 0.25) is 5.95 Å². The number of aromatic nitrogens is 2. The fourth-order valence-electron chi connectivity index (χ4n) is 5.69. The van der Waals surface area contributed by atoms with E-state index in [1.165, 1.54) is 31.7 Å². The third-order valence-electron chi connectivity index (χ3n) is 7.48. The van der Waals surface area contributed by atoms with Crippen molar-refractivity contribution in [1.82, 2.24) is 9.97 Å². The predicted molar refractivity (Wildman–Crippen MR) is 138 cm³/mol. The number of amides is 1. The maximum absolute atomic E-state index is 15.0. The number of hydrogen-bond donors (Lipinski definition) is 0. The molecular formula is C29H33FN4O. The quantitative estimate of drug-likeness (QED) is 0.434. The number of rotatable bonds is 5. The number of fused-ring (bicyclic) bond motifs is 1. The molecule has 0 N–H and O–H groups in total. The smallest absolute Gasteiger partial charge is 0.262 e. The first-order valence-corrected chi connectivity index (χ1v) is 12.8. The van der Waals surface area contributed by atoms with Gasteiger partial charge in [0, 0.05) is 36.6 Å². The van der Waals surface area contributed by atoms with Gasteiger partial charge in [-0.05, 0) is 62.8 Å². The van der Waals surface area contributed by atoms with Crippen LogP contribution in [0.4, 0.5) is 16.0 Å². The third kappa shape index (κ3) is 4.79. The summed E-state index contributed by atoms with van der Waals surface area (Å²) in [5.74, 6) is 1.40. The number of anilines is 2. The number of halogens is 1. The number of para-hydroxylation sites is 1. The molecule has 2 heterocycles. The Kier molecular flexibility index (Phi) is 6.80. The van der Waals surface area contributed by atoms with Gasteiger partial charge in [-0.25, -0.2) is 14.4 Å². The van der Waals surface area contributed by atoms with Crippen molar-refractivity contribution in [3.63, 3.8) is 0 Å². The minimum Gasteiger partial charge on any atom is -0.341 e. The summed E-state index contributed by atoms with van der Waals surface area (Å²) in [7, 11) is 0. The normalized spacial score (nSPS) is 19.9. The van der Waals surface area contributed by atoms with Crippen LogP contribution in [0.5, 0.6) is 0 Å². The van der Waals surface area contributed by atoms with Crippen LogP contribution in [0.2, 0.25) is 0 Å². The Hall–Kier alpha value is -3.28. The molecule has 2 atom stereocenters. The average molecular weight is 473 g/mol. The second-order valence-corrected chi connectivity index (χ2v) is 10.1. The van der Waals surface area contributed by atoms with Crippen molar-refractivity contribution in [2.45, 2.75) is 52.0 Å². The zero-order valence-electron chi connectivity index (χ0n) is 20.5. The second kappa shape index (κ2) is 10.1. The van der Waals surface area contributed by atoms with Crippen molar-refractivity contribution in [2.24, 2.45) is 11.8 Å².